The van der Waals surface area contributed by atoms with Gasteiger partial charge in [-0.25, -0.2) is 0 Å². The predicted molar refractivity (Wildman–Crippen MR) is 87.9 cm³/mol. The van der Waals surface area contributed by atoms with Crippen LogP contribution in [0, 0.1) is 0 Å². The van der Waals surface area contributed by atoms with Gasteiger partial charge in [0.25, 0.3) is 5.91 Å². The number of hydrogen-bond donors (Lipinski definition) is 1. The lowest BCUT2D eigenvalue weighted by Gasteiger charge is -2.29. The number of rotatable bonds is 6. The number of amides is 1. The van der Waals surface area contributed by atoms with Crippen molar-refractivity contribution < 1.29 is 19.4 Å². The van der Waals surface area contributed by atoms with E-state index in [4.69, 9.17) is 9.84 Å². The van der Waals surface area contributed by atoms with E-state index in [0.717, 1.165) is 32.0 Å². The first-order chi connectivity index (χ1) is 11.0. The van der Waals surface area contributed by atoms with Crippen LogP contribution in [0.5, 0.6) is 0 Å². The fourth-order valence-corrected chi connectivity index (χ4v) is 2.61. The van der Waals surface area contributed by atoms with Crippen LogP contribution in [0.2, 0.25) is 0 Å². The summed E-state index contributed by atoms with van der Waals surface area (Å²) < 4.78 is 5.34. The van der Waals surface area contributed by atoms with Gasteiger partial charge in [-0.05, 0) is 38.1 Å². The van der Waals surface area contributed by atoms with Crippen LogP contribution in [0.4, 0.5) is 5.69 Å². The summed E-state index contributed by atoms with van der Waals surface area (Å²) >= 11 is 0. The Balaban J connectivity index is 2.06. The van der Waals surface area contributed by atoms with Crippen molar-refractivity contribution in [2.75, 3.05) is 37.7 Å². The van der Waals surface area contributed by atoms with Crippen LogP contribution < -0.4 is 4.90 Å². The smallest absolute Gasteiger partial charge is 0.305 e. The molecule has 0 radical (unpaired) electrons. The maximum Gasteiger partial charge on any atom is 0.305 e. The minimum absolute atomic E-state index is 0.0410. The number of hydrogen-bond acceptors (Lipinski definition) is 4. The molecule has 1 saturated heterocycles. The molecule has 1 fully saturated rings. The molecule has 1 aliphatic rings. The fourth-order valence-electron chi connectivity index (χ4n) is 2.61. The van der Waals surface area contributed by atoms with E-state index in [1.165, 1.54) is 0 Å². The largest absolute Gasteiger partial charge is 0.481 e. The number of ether oxygens (including phenoxy) is 1. The predicted octanol–water partition coefficient (Wildman–Crippen LogP) is 1.85. The third kappa shape index (κ3) is 4.69. The van der Waals surface area contributed by atoms with E-state index >= 15 is 0 Å². The Morgan fingerprint density at radius 3 is 2.35 bits per heavy atom. The first-order valence-corrected chi connectivity index (χ1v) is 7.94. The molecule has 1 aromatic rings. The number of aliphatic carboxylic acids is 1. The standard InChI is InChI=1S/C17H24N2O4/c1-13(2)19(8-7-16(20)21)17(22)14-3-5-15(6-4-14)18-9-11-23-12-10-18/h3-6,13H,7-12H2,1-2H3,(H,20,21). The van der Waals surface area contributed by atoms with Crippen molar-refractivity contribution in [2.45, 2.75) is 26.3 Å². The van der Waals surface area contributed by atoms with Gasteiger partial charge < -0.3 is 19.6 Å². The van der Waals surface area contributed by atoms with Gasteiger partial charge >= 0.3 is 5.97 Å². The lowest BCUT2D eigenvalue weighted by molar-refractivity contribution is -0.137. The van der Waals surface area contributed by atoms with Crippen molar-refractivity contribution >= 4 is 17.6 Å². The van der Waals surface area contributed by atoms with Gasteiger partial charge in [-0.15, -0.1) is 0 Å². The number of anilines is 1. The molecule has 1 N–H and O–H groups in total. The zero-order valence-corrected chi connectivity index (χ0v) is 13.7. The molecule has 126 valence electrons. The number of nitrogens with zero attached hydrogens (tertiary/aromatic N) is 2. The van der Waals surface area contributed by atoms with Crippen molar-refractivity contribution in [3.63, 3.8) is 0 Å². The molecular formula is C17H24N2O4. The second-order valence-corrected chi connectivity index (χ2v) is 5.88. The lowest BCUT2D eigenvalue weighted by atomic mass is 10.1. The summed E-state index contributed by atoms with van der Waals surface area (Å²) in [5.74, 6) is -1.03. The van der Waals surface area contributed by atoms with Crippen LogP contribution in [-0.4, -0.2) is 60.8 Å². The van der Waals surface area contributed by atoms with Crippen LogP contribution >= 0.6 is 0 Å². The van der Waals surface area contributed by atoms with Crippen LogP contribution in [-0.2, 0) is 9.53 Å². The Bertz CT molecular complexity index is 536. The first kappa shape index (κ1) is 17.3. The molecule has 0 atom stereocenters. The molecule has 1 aliphatic heterocycles. The number of carboxylic acids is 1. The Labute approximate surface area is 136 Å². The van der Waals surface area contributed by atoms with Crippen molar-refractivity contribution in [1.29, 1.82) is 0 Å². The van der Waals surface area contributed by atoms with Gasteiger partial charge in [0.1, 0.15) is 0 Å². The average molecular weight is 320 g/mol. The molecule has 1 heterocycles. The average Bonchev–Trinajstić information content (AvgIpc) is 2.55. The Hall–Kier alpha value is -2.08. The molecule has 6 nitrogen and oxygen atoms in total. The van der Waals surface area contributed by atoms with E-state index in [1.54, 1.807) is 4.90 Å². The maximum atomic E-state index is 12.6. The van der Waals surface area contributed by atoms with Gasteiger partial charge in [0.05, 0.1) is 19.6 Å². The molecule has 0 aliphatic carbocycles. The van der Waals surface area contributed by atoms with E-state index in [1.807, 2.05) is 38.1 Å². The second kappa shape index (κ2) is 7.97. The molecule has 0 spiro atoms. The molecular weight excluding hydrogens is 296 g/mol. The second-order valence-electron chi connectivity index (χ2n) is 5.88. The molecule has 2 rings (SSSR count). The topological polar surface area (TPSA) is 70.1 Å². The molecule has 0 aromatic heterocycles. The van der Waals surface area contributed by atoms with Crippen LogP contribution in [0.25, 0.3) is 0 Å². The summed E-state index contributed by atoms with van der Waals surface area (Å²) in [5, 5.41) is 8.82. The zero-order valence-electron chi connectivity index (χ0n) is 13.7. The lowest BCUT2D eigenvalue weighted by Crippen LogP contribution is -2.38. The summed E-state index contributed by atoms with van der Waals surface area (Å²) in [4.78, 5) is 27.2. The third-order valence-electron chi connectivity index (χ3n) is 3.94. The Kier molecular flexibility index (Phi) is 5.98. The van der Waals surface area contributed by atoms with Gasteiger partial charge in [0, 0.05) is 36.9 Å². The van der Waals surface area contributed by atoms with Crippen molar-refractivity contribution in [2.24, 2.45) is 0 Å². The minimum atomic E-state index is -0.897. The van der Waals surface area contributed by atoms with E-state index in [9.17, 15) is 9.59 Å². The number of morpholine rings is 1. The normalized spacial score (nSPS) is 14.8. The van der Waals surface area contributed by atoms with Crippen LogP contribution in [0.15, 0.2) is 24.3 Å². The van der Waals surface area contributed by atoms with Crippen LogP contribution in [0.3, 0.4) is 0 Å². The quantitative estimate of drug-likeness (QED) is 0.866. The SMILES string of the molecule is CC(C)N(CCC(=O)O)C(=O)c1ccc(N2CCOCC2)cc1. The molecule has 0 bridgehead atoms. The first-order valence-electron chi connectivity index (χ1n) is 7.94. The number of carbonyl (C=O) groups is 2. The zero-order chi connectivity index (χ0) is 16.8. The van der Waals surface area contributed by atoms with Gasteiger partial charge in [-0.3, -0.25) is 9.59 Å². The number of carbonyl (C=O) groups excluding carboxylic acids is 1. The van der Waals surface area contributed by atoms with E-state index in [0.29, 0.717) is 5.56 Å². The number of carboxylic acid groups (broad SMARTS) is 1. The van der Waals surface area contributed by atoms with E-state index < -0.39 is 5.97 Å². The molecule has 6 heteroatoms. The summed E-state index contributed by atoms with van der Waals surface area (Å²) in [5.41, 5.74) is 1.66. The summed E-state index contributed by atoms with van der Waals surface area (Å²) in [6.45, 7) is 7.14. The van der Waals surface area contributed by atoms with Crippen LogP contribution in [0.1, 0.15) is 30.6 Å². The molecule has 23 heavy (non-hydrogen) atoms. The fraction of sp³-hybridized carbons (Fsp3) is 0.529. The molecule has 0 saturated carbocycles. The van der Waals surface area contributed by atoms with Gasteiger partial charge in [-0.2, -0.15) is 0 Å². The molecule has 1 amide bonds. The highest BCUT2D eigenvalue weighted by Crippen LogP contribution is 2.18. The van der Waals surface area contributed by atoms with Crippen molar-refractivity contribution in [3.05, 3.63) is 29.8 Å². The molecule has 1 aromatic carbocycles. The third-order valence-corrected chi connectivity index (χ3v) is 3.94. The molecule has 0 unspecified atom stereocenters. The van der Waals surface area contributed by atoms with E-state index in [2.05, 4.69) is 4.90 Å². The van der Waals surface area contributed by atoms with Gasteiger partial charge in [-0.1, -0.05) is 0 Å². The van der Waals surface area contributed by atoms with Crippen molar-refractivity contribution in [1.82, 2.24) is 4.90 Å². The number of benzene rings is 1. The maximum absolute atomic E-state index is 12.6. The van der Waals surface area contributed by atoms with Crippen molar-refractivity contribution in [3.8, 4) is 0 Å². The summed E-state index contributed by atoms with van der Waals surface area (Å²) in [6, 6.07) is 7.45. The highest BCUT2D eigenvalue weighted by molar-refractivity contribution is 5.95. The Morgan fingerprint density at radius 2 is 1.83 bits per heavy atom. The van der Waals surface area contributed by atoms with Gasteiger partial charge in [0.15, 0.2) is 0 Å². The Morgan fingerprint density at radius 1 is 1.22 bits per heavy atom. The van der Waals surface area contributed by atoms with Gasteiger partial charge in [0.2, 0.25) is 0 Å². The monoisotopic (exact) mass is 320 g/mol. The van der Waals surface area contributed by atoms with E-state index in [-0.39, 0.29) is 24.9 Å². The summed E-state index contributed by atoms with van der Waals surface area (Å²) in [7, 11) is 0. The minimum Gasteiger partial charge on any atom is -0.481 e. The highest BCUT2D eigenvalue weighted by atomic mass is 16.5. The summed E-state index contributed by atoms with van der Waals surface area (Å²) in [6.07, 6.45) is -0.0459. The highest BCUT2D eigenvalue weighted by Gasteiger charge is 2.20.